The zero-order valence-corrected chi connectivity index (χ0v) is 11.0. The molecular weight excluding hydrogens is 254 g/mol. The number of nitrogens with two attached hydrogens (primary N) is 1. The van der Waals surface area contributed by atoms with Crippen LogP contribution in [-0.2, 0) is 4.74 Å². The molecule has 1 unspecified atom stereocenters. The number of aromatic nitrogens is 1. The summed E-state index contributed by atoms with van der Waals surface area (Å²) >= 11 is 5.98. The lowest BCUT2D eigenvalue weighted by atomic mass is 10.1. The number of hydrogen-bond donors (Lipinski definition) is 1. The van der Waals surface area contributed by atoms with Gasteiger partial charge >= 0.3 is 0 Å². The van der Waals surface area contributed by atoms with Gasteiger partial charge in [-0.15, -0.1) is 0 Å². The highest BCUT2D eigenvalue weighted by atomic mass is 35.5. The van der Waals surface area contributed by atoms with Crippen LogP contribution in [-0.4, -0.2) is 42.1 Å². The monoisotopic (exact) mass is 269 g/mol. The minimum atomic E-state index is -0.186. The van der Waals surface area contributed by atoms with Crippen molar-refractivity contribution in [1.82, 2.24) is 9.88 Å². The molecule has 18 heavy (non-hydrogen) atoms. The third kappa shape index (κ3) is 2.73. The summed E-state index contributed by atoms with van der Waals surface area (Å²) in [6.45, 7) is 1.27. The lowest BCUT2D eigenvalue weighted by Crippen LogP contribution is -2.43. The van der Waals surface area contributed by atoms with Crippen molar-refractivity contribution in [2.45, 2.75) is 18.9 Å². The molecule has 0 aromatic carbocycles. The molecule has 1 aliphatic rings. The van der Waals surface area contributed by atoms with Gasteiger partial charge in [0.1, 0.15) is 11.5 Å². The summed E-state index contributed by atoms with van der Waals surface area (Å²) < 4.78 is 5.29. The second kappa shape index (κ2) is 5.54. The van der Waals surface area contributed by atoms with Crippen LogP contribution in [0.1, 0.15) is 23.3 Å². The number of rotatable bonds is 2. The first kappa shape index (κ1) is 13.1. The number of anilines is 1. The number of carbonyl (C=O) groups is 1. The van der Waals surface area contributed by atoms with Crippen LogP contribution in [0.25, 0.3) is 0 Å². The Bertz CT molecular complexity index is 453. The highest BCUT2D eigenvalue weighted by molar-refractivity contribution is 6.33. The molecule has 0 bridgehead atoms. The Morgan fingerprint density at radius 2 is 2.39 bits per heavy atom. The Kier molecular flexibility index (Phi) is 4.04. The van der Waals surface area contributed by atoms with Crippen molar-refractivity contribution < 1.29 is 9.53 Å². The van der Waals surface area contributed by atoms with E-state index in [9.17, 15) is 4.79 Å². The fraction of sp³-hybridized carbons (Fsp3) is 0.500. The normalized spacial score (nSPS) is 19.9. The molecule has 2 N–H and O–H groups in total. The molecule has 0 spiro atoms. The van der Waals surface area contributed by atoms with Crippen molar-refractivity contribution in [2.24, 2.45) is 0 Å². The second-order valence-corrected chi connectivity index (χ2v) is 4.72. The largest absolute Gasteiger partial charge is 0.384 e. The van der Waals surface area contributed by atoms with Crippen LogP contribution in [0.4, 0.5) is 5.82 Å². The van der Waals surface area contributed by atoms with E-state index < -0.39 is 0 Å². The Hall–Kier alpha value is -1.33. The number of pyridine rings is 1. The number of halogens is 1. The standard InChI is InChI=1S/C12H16ClN3O2/c1-18-8-3-2-6-16(7-8)12(17)11-9(13)4-5-10(14)15-11/h4-5,8H,2-3,6-7H2,1H3,(H2,14,15). The van der Waals surface area contributed by atoms with Gasteiger partial charge in [0.25, 0.3) is 5.91 Å². The number of carbonyl (C=O) groups excluding carboxylic acids is 1. The maximum absolute atomic E-state index is 12.3. The van der Waals surface area contributed by atoms with E-state index in [1.165, 1.54) is 0 Å². The number of methoxy groups -OCH3 is 1. The van der Waals surface area contributed by atoms with Crippen LogP contribution < -0.4 is 5.73 Å². The van der Waals surface area contributed by atoms with Crippen LogP contribution in [0.15, 0.2) is 12.1 Å². The lowest BCUT2D eigenvalue weighted by Gasteiger charge is -2.31. The predicted octanol–water partition coefficient (Wildman–Crippen LogP) is 1.57. The first-order valence-corrected chi connectivity index (χ1v) is 6.23. The van der Waals surface area contributed by atoms with Gasteiger partial charge < -0.3 is 15.4 Å². The van der Waals surface area contributed by atoms with E-state index in [2.05, 4.69) is 4.98 Å². The first-order valence-electron chi connectivity index (χ1n) is 5.86. The van der Waals surface area contributed by atoms with E-state index in [-0.39, 0.29) is 17.7 Å². The Morgan fingerprint density at radius 1 is 1.61 bits per heavy atom. The second-order valence-electron chi connectivity index (χ2n) is 4.32. The Labute approximate surface area is 111 Å². The number of ether oxygens (including phenoxy) is 1. The maximum atomic E-state index is 12.3. The van der Waals surface area contributed by atoms with E-state index >= 15 is 0 Å². The molecule has 1 fully saturated rings. The summed E-state index contributed by atoms with van der Waals surface area (Å²) in [4.78, 5) is 18.0. The van der Waals surface area contributed by atoms with E-state index in [1.54, 1.807) is 24.1 Å². The smallest absolute Gasteiger partial charge is 0.274 e. The molecule has 2 rings (SSSR count). The van der Waals surface area contributed by atoms with Gasteiger partial charge in [-0.2, -0.15) is 0 Å². The van der Waals surface area contributed by atoms with Gasteiger partial charge in [0.15, 0.2) is 0 Å². The average Bonchev–Trinajstić information content (AvgIpc) is 2.41. The van der Waals surface area contributed by atoms with Crippen LogP contribution >= 0.6 is 11.6 Å². The number of nitrogens with zero attached hydrogens (tertiary/aromatic N) is 2. The van der Waals surface area contributed by atoms with Crippen LogP contribution in [0, 0.1) is 0 Å². The number of amides is 1. The van der Waals surface area contributed by atoms with Gasteiger partial charge in [-0.3, -0.25) is 4.79 Å². The summed E-state index contributed by atoms with van der Waals surface area (Å²) in [5, 5.41) is 0.328. The minimum Gasteiger partial charge on any atom is -0.384 e. The summed E-state index contributed by atoms with van der Waals surface area (Å²) in [6, 6.07) is 3.17. The maximum Gasteiger partial charge on any atom is 0.274 e. The minimum absolute atomic E-state index is 0.0857. The highest BCUT2D eigenvalue weighted by Gasteiger charge is 2.26. The van der Waals surface area contributed by atoms with E-state index in [0.29, 0.717) is 23.9 Å². The Morgan fingerprint density at radius 3 is 3.11 bits per heavy atom. The first-order chi connectivity index (χ1) is 8.61. The molecule has 1 atom stereocenters. The third-order valence-electron chi connectivity index (χ3n) is 3.07. The van der Waals surface area contributed by atoms with Crippen LogP contribution in [0.3, 0.4) is 0 Å². The third-order valence-corrected chi connectivity index (χ3v) is 3.37. The zero-order valence-electron chi connectivity index (χ0n) is 10.2. The molecule has 1 aromatic heterocycles. The molecule has 0 saturated carbocycles. The van der Waals surface area contributed by atoms with Gasteiger partial charge in [0, 0.05) is 20.2 Å². The van der Waals surface area contributed by atoms with E-state index in [4.69, 9.17) is 22.1 Å². The zero-order chi connectivity index (χ0) is 13.1. The van der Waals surface area contributed by atoms with Gasteiger partial charge in [0.05, 0.1) is 11.1 Å². The molecular formula is C12H16ClN3O2. The molecule has 0 radical (unpaired) electrons. The molecule has 1 aliphatic heterocycles. The van der Waals surface area contributed by atoms with Crippen LogP contribution in [0.2, 0.25) is 5.02 Å². The van der Waals surface area contributed by atoms with E-state index in [1.807, 2.05) is 0 Å². The number of likely N-dealkylation sites (tertiary alicyclic amines) is 1. The summed E-state index contributed by atoms with van der Waals surface area (Å²) in [5.74, 6) is 0.108. The molecule has 5 nitrogen and oxygen atoms in total. The number of hydrogen-bond acceptors (Lipinski definition) is 4. The molecule has 1 amide bonds. The Balaban J connectivity index is 2.17. The summed E-state index contributed by atoms with van der Waals surface area (Å²) in [5.41, 5.74) is 5.80. The molecule has 1 aromatic rings. The van der Waals surface area contributed by atoms with Crippen molar-refractivity contribution in [2.75, 3.05) is 25.9 Å². The lowest BCUT2D eigenvalue weighted by molar-refractivity contribution is 0.0266. The number of nitrogen functional groups attached to an aromatic ring is 1. The van der Waals surface area contributed by atoms with Gasteiger partial charge in [-0.1, -0.05) is 11.6 Å². The molecule has 6 heteroatoms. The molecule has 98 valence electrons. The quantitative estimate of drug-likeness (QED) is 0.885. The SMILES string of the molecule is COC1CCCN(C(=O)c2nc(N)ccc2Cl)C1. The topological polar surface area (TPSA) is 68.5 Å². The average molecular weight is 270 g/mol. The molecule has 0 aliphatic carbocycles. The van der Waals surface area contributed by atoms with Gasteiger partial charge in [-0.05, 0) is 25.0 Å². The van der Waals surface area contributed by atoms with Crippen molar-refractivity contribution in [3.05, 3.63) is 22.8 Å². The summed E-state index contributed by atoms with van der Waals surface area (Å²) in [7, 11) is 1.66. The number of piperidine rings is 1. The van der Waals surface area contributed by atoms with E-state index in [0.717, 1.165) is 12.8 Å². The van der Waals surface area contributed by atoms with Crippen LogP contribution in [0.5, 0.6) is 0 Å². The predicted molar refractivity (Wildman–Crippen MR) is 69.6 cm³/mol. The summed E-state index contributed by atoms with van der Waals surface area (Å²) in [6.07, 6.45) is 1.98. The highest BCUT2D eigenvalue weighted by Crippen LogP contribution is 2.20. The van der Waals surface area contributed by atoms with Gasteiger partial charge in [0.2, 0.25) is 0 Å². The fourth-order valence-corrected chi connectivity index (χ4v) is 2.26. The van der Waals surface area contributed by atoms with Crippen molar-refractivity contribution >= 4 is 23.3 Å². The van der Waals surface area contributed by atoms with Crippen molar-refractivity contribution in [3.8, 4) is 0 Å². The fourth-order valence-electron chi connectivity index (χ4n) is 2.07. The van der Waals surface area contributed by atoms with Crippen molar-refractivity contribution in [1.29, 1.82) is 0 Å². The molecule has 1 saturated heterocycles. The molecule has 2 heterocycles. The van der Waals surface area contributed by atoms with Gasteiger partial charge in [-0.25, -0.2) is 4.98 Å². The van der Waals surface area contributed by atoms with Crippen molar-refractivity contribution in [3.63, 3.8) is 0 Å².